The number of hydrogen-bond donors (Lipinski definition) is 1. The summed E-state index contributed by atoms with van der Waals surface area (Å²) in [6.45, 7) is 1.45. The number of carbonyl (C=O) groups excluding carboxylic acids is 1. The van der Waals surface area contributed by atoms with E-state index in [1.165, 1.54) is 35.8 Å². The van der Waals surface area contributed by atoms with Gasteiger partial charge in [0.2, 0.25) is 5.91 Å². The number of hydrogen-bond acceptors (Lipinski definition) is 3. The van der Waals surface area contributed by atoms with E-state index in [-0.39, 0.29) is 11.7 Å². The van der Waals surface area contributed by atoms with Crippen LogP contribution in [0.3, 0.4) is 0 Å². The van der Waals surface area contributed by atoms with Gasteiger partial charge in [-0.1, -0.05) is 30.3 Å². The van der Waals surface area contributed by atoms with E-state index in [4.69, 9.17) is 5.73 Å². The van der Waals surface area contributed by atoms with Crippen molar-refractivity contribution < 1.29 is 22.7 Å². The minimum atomic E-state index is -4.74. The molecule has 0 fully saturated rings. The van der Waals surface area contributed by atoms with Crippen molar-refractivity contribution in [3.63, 3.8) is 0 Å². The Bertz CT molecular complexity index is 914. The molecule has 0 bridgehead atoms. The maximum Gasteiger partial charge on any atom is 0.573 e. The lowest BCUT2D eigenvalue weighted by Crippen LogP contribution is -2.17. The highest BCUT2D eigenvalue weighted by molar-refractivity contribution is 5.94. The lowest BCUT2D eigenvalue weighted by atomic mass is 9.99. The third-order valence-electron chi connectivity index (χ3n) is 3.89. The van der Waals surface area contributed by atoms with Crippen LogP contribution in [-0.4, -0.2) is 16.8 Å². The highest BCUT2D eigenvalue weighted by Gasteiger charge is 2.31. The van der Waals surface area contributed by atoms with Crippen molar-refractivity contribution in [1.29, 1.82) is 0 Å². The average molecular weight is 348 g/mol. The number of benzene rings is 2. The van der Waals surface area contributed by atoms with E-state index < -0.39 is 12.4 Å². The summed E-state index contributed by atoms with van der Waals surface area (Å²) in [6.07, 6.45) is -3.07. The number of halogens is 3. The Morgan fingerprint density at radius 2 is 1.76 bits per heavy atom. The van der Waals surface area contributed by atoms with Gasteiger partial charge in [0.15, 0.2) is 0 Å². The van der Waals surface area contributed by atoms with E-state index in [2.05, 4.69) is 4.74 Å². The van der Waals surface area contributed by atoms with Crippen LogP contribution in [-0.2, 0) is 0 Å². The number of carbonyl (C=O) groups is 1. The molecule has 2 aromatic carbocycles. The average Bonchev–Trinajstić information content (AvgIpc) is 2.93. The van der Waals surface area contributed by atoms with Crippen LogP contribution in [0, 0.1) is 0 Å². The summed E-state index contributed by atoms with van der Waals surface area (Å²) in [5, 5.41) is 0.820. The largest absolute Gasteiger partial charge is 0.573 e. The Morgan fingerprint density at radius 3 is 2.36 bits per heavy atom. The van der Waals surface area contributed by atoms with Crippen LogP contribution < -0.4 is 10.5 Å². The van der Waals surface area contributed by atoms with Crippen LogP contribution in [0.5, 0.6) is 5.75 Å². The molecule has 0 aliphatic heterocycles. The molecule has 130 valence electrons. The zero-order valence-electron chi connectivity index (χ0n) is 13.2. The molecule has 4 nitrogen and oxygen atoms in total. The second-order valence-corrected chi connectivity index (χ2v) is 5.59. The Morgan fingerprint density at radius 1 is 1.12 bits per heavy atom. The molecule has 1 heterocycles. The van der Waals surface area contributed by atoms with Gasteiger partial charge in [0.25, 0.3) is 0 Å². The Hall–Kier alpha value is -2.80. The van der Waals surface area contributed by atoms with E-state index in [0.717, 1.165) is 16.5 Å². The van der Waals surface area contributed by atoms with Crippen molar-refractivity contribution in [2.24, 2.45) is 5.73 Å². The second kappa shape index (κ2) is 6.25. The van der Waals surface area contributed by atoms with Gasteiger partial charge < -0.3 is 10.5 Å². The van der Waals surface area contributed by atoms with Crippen LogP contribution in [0.1, 0.15) is 28.9 Å². The summed E-state index contributed by atoms with van der Waals surface area (Å²) < 4.78 is 42.1. The summed E-state index contributed by atoms with van der Waals surface area (Å²) in [4.78, 5) is 11.8. The van der Waals surface area contributed by atoms with Gasteiger partial charge in [0.1, 0.15) is 5.75 Å². The summed E-state index contributed by atoms with van der Waals surface area (Å²) in [6, 6.07) is 12.1. The van der Waals surface area contributed by atoms with Crippen LogP contribution in [0.4, 0.5) is 13.2 Å². The fraction of sp³-hybridized carbons (Fsp3) is 0.167. The first-order valence-corrected chi connectivity index (χ1v) is 7.48. The first-order valence-electron chi connectivity index (χ1n) is 7.48. The molecule has 7 heteroatoms. The van der Waals surface area contributed by atoms with Crippen molar-refractivity contribution in [2.75, 3.05) is 0 Å². The molecule has 0 spiro atoms. The molecule has 2 N–H and O–H groups in total. The Balaban J connectivity index is 1.97. The first kappa shape index (κ1) is 17.0. The monoisotopic (exact) mass is 348 g/mol. The molecule has 0 saturated heterocycles. The molecule has 0 amide bonds. The highest BCUT2D eigenvalue weighted by Crippen LogP contribution is 2.31. The predicted molar refractivity (Wildman–Crippen MR) is 87.4 cm³/mol. The van der Waals surface area contributed by atoms with Gasteiger partial charge in [0.05, 0.1) is 11.6 Å². The Labute approximate surface area is 141 Å². The second-order valence-electron chi connectivity index (χ2n) is 5.59. The number of fused-ring (bicyclic) bond motifs is 1. The summed E-state index contributed by atoms with van der Waals surface area (Å²) >= 11 is 0. The third-order valence-corrected chi connectivity index (χ3v) is 3.89. The first-order chi connectivity index (χ1) is 11.8. The SMILES string of the molecule is CC(=O)n1cc([C@H](N)c2ccc(OC(F)(F)F)cc2)c2ccccc21. The van der Waals surface area contributed by atoms with Crippen molar-refractivity contribution in [3.8, 4) is 5.75 Å². The third kappa shape index (κ3) is 3.51. The maximum absolute atomic E-state index is 12.2. The predicted octanol–water partition coefficient (Wildman–Crippen LogP) is 4.25. The minimum absolute atomic E-state index is 0.149. The molecule has 25 heavy (non-hydrogen) atoms. The lowest BCUT2D eigenvalue weighted by molar-refractivity contribution is -0.274. The van der Waals surface area contributed by atoms with Crippen molar-refractivity contribution in [2.45, 2.75) is 19.3 Å². The van der Waals surface area contributed by atoms with Gasteiger partial charge in [-0.25, -0.2) is 0 Å². The van der Waals surface area contributed by atoms with Gasteiger partial charge in [-0.2, -0.15) is 0 Å². The lowest BCUT2D eigenvalue weighted by Gasteiger charge is -2.13. The van der Waals surface area contributed by atoms with Gasteiger partial charge in [0, 0.05) is 18.5 Å². The van der Waals surface area contributed by atoms with E-state index >= 15 is 0 Å². The number of para-hydroxylation sites is 1. The number of nitrogens with zero attached hydrogens (tertiary/aromatic N) is 1. The maximum atomic E-state index is 12.2. The fourth-order valence-electron chi connectivity index (χ4n) is 2.77. The standard InChI is InChI=1S/C18H15F3N2O2/c1-11(24)23-10-15(14-4-2-3-5-16(14)23)17(22)12-6-8-13(9-7-12)25-18(19,20)21/h2-10,17H,22H2,1H3/t17-/m1/s1. The van der Waals surface area contributed by atoms with Crippen LogP contribution >= 0.6 is 0 Å². The number of nitrogens with two attached hydrogens (primary N) is 1. The molecule has 0 unspecified atom stereocenters. The normalized spacial score (nSPS) is 13.0. The van der Waals surface area contributed by atoms with E-state index in [1.54, 1.807) is 6.20 Å². The number of aromatic nitrogens is 1. The molecule has 1 aromatic heterocycles. The zero-order chi connectivity index (χ0) is 18.2. The van der Waals surface area contributed by atoms with Gasteiger partial charge in [-0.05, 0) is 29.3 Å². The van der Waals surface area contributed by atoms with Crippen LogP contribution in [0.15, 0.2) is 54.7 Å². The summed E-state index contributed by atoms with van der Waals surface area (Å²) in [5.41, 5.74) is 8.35. The van der Waals surface area contributed by atoms with Gasteiger partial charge >= 0.3 is 6.36 Å². The van der Waals surface area contributed by atoms with Crippen molar-refractivity contribution >= 4 is 16.8 Å². The zero-order valence-corrected chi connectivity index (χ0v) is 13.2. The summed E-state index contributed by atoms with van der Waals surface area (Å²) in [5.74, 6) is -0.460. The number of ether oxygens (including phenoxy) is 1. The van der Waals surface area contributed by atoms with Crippen LogP contribution in [0.25, 0.3) is 10.9 Å². The molecule has 3 aromatic rings. The van der Waals surface area contributed by atoms with E-state index in [1.807, 2.05) is 24.3 Å². The van der Waals surface area contributed by atoms with Gasteiger partial charge in [-0.3, -0.25) is 9.36 Å². The Kier molecular flexibility index (Phi) is 4.26. The molecule has 0 aliphatic rings. The van der Waals surface area contributed by atoms with Crippen molar-refractivity contribution in [1.82, 2.24) is 4.57 Å². The molecule has 0 aliphatic carbocycles. The van der Waals surface area contributed by atoms with E-state index in [0.29, 0.717) is 5.56 Å². The number of rotatable bonds is 3. The van der Waals surface area contributed by atoms with Crippen molar-refractivity contribution in [3.05, 3.63) is 65.9 Å². The minimum Gasteiger partial charge on any atom is -0.406 e. The summed E-state index contributed by atoms with van der Waals surface area (Å²) in [7, 11) is 0. The fourth-order valence-corrected chi connectivity index (χ4v) is 2.77. The smallest absolute Gasteiger partial charge is 0.406 e. The molecular weight excluding hydrogens is 333 g/mol. The van der Waals surface area contributed by atoms with E-state index in [9.17, 15) is 18.0 Å². The van der Waals surface area contributed by atoms with Gasteiger partial charge in [-0.15, -0.1) is 13.2 Å². The molecule has 3 rings (SSSR count). The van der Waals surface area contributed by atoms with Crippen LogP contribution in [0.2, 0.25) is 0 Å². The quantitative estimate of drug-likeness (QED) is 0.770. The number of alkyl halides is 3. The molecular formula is C18H15F3N2O2. The topological polar surface area (TPSA) is 57.2 Å². The molecule has 1 atom stereocenters. The highest BCUT2D eigenvalue weighted by atomic mass is 19.4. The molecule has 0 saturated carbocycles. The molecule has 0 radical (unpaired) electrons.